The van der Waals surface area contributed by atoms with Gasteiger partial charge in [0.2, 0.25) is 10.0 Å². The molecule has 1 fully saturated rings. The molecule has 9 nitrogen and oxygen atoms in total. The summed E-state index contributed by atoms with van der Waals surface area (Å²) in [5.74, 6) is 0.875. The highest BCUT2D eigenvalue weighted by Crippen LogP contribution is 2.26. The molecule has 11 heteroatoms. The van der Waals surface area contributed by atoms with Crippen molar-refractivity contribution >= 4 is 19.9 Å². The van der Waals surface area contributed by atoms with E-state index in [4.69, 9.17) is 0 Å². The van der Waals surface area contributed by atoms with Crippen molar-refractivity contribution in [2.45, 2.75) is 19.0 Å². The molecule has 2 aromatic heterocycles. The van der Waals surface area contributed by atoms with Crippen molar-refractivity contribution in [2.24, 2.45) is 0 Å². The van der Waals surface area contributed by atoms with E-state index < -0.39 is 19.9 Å². The lowest BCUT2D eigenvalue weighted by atomic mass is 10.2. The number of sulfone groups is 1. The monoisotopic (exact) mass is 371 g/mol. The Hall–Kier alpha value is -1.85. The van der Waals surface area contributed by atoms with Crippen LogP contribution in [0.2, 0.25) is 0 Å². The molecule has 0 bridgehead atoms. The summed E-state index contributed by atoms with van der Waals surface area (Å²) in [4.78, 5) is 8.31. The molecule has 1 aliphatic rings. The average Bonchev–Trinajstić information content (AvgIpc) is 3.08. The summed E-state index contributed by atoms with van der Waals surface area (Å²) in [5.41, 5.74) is 0.727. The first-order valence-electron chi connectivity index (χ1n) is 7.24. The molecule has 0 aliphatic carbocycles. The van der Waals surface area contributed by atoms with Crippen LogP contribution in [0.1, 0.15) is 18.3 Å². The minimum Gasteiger partial charge on any atom is -0.265 e. The van der Waals surface area contributed by atoms with E-state index in [0.717, 1.165) is 11.8 Å². The topological polar surface area (TPSA) is 124 Å². The molecule has 130 valence electrons. The number of pyridine rings is 1. The standard InChI is InChI=1S/C13H17N5O4S2/c1-23(19,20)15-8-12-16-13(10-2-5-14-6-3-10)17-18(12)11-4-7-24(21,22)9-11/h2-3,5-6,11,15H,4,7-9H2,1H3/t11-/m0/s1. The quantitative estimate of drug-likeness (QED) is 0.768. The second kappa shape index (κ2) is 6.22. The molecule has 0 radical (unpaired) electrons. The first-order chi connectivity index (χ1) is 11.2. The van der Waals surface area contributed by atoms with Gasteiger partial charge in [-0.25, -0.2) is 31.2 Å². The van der Waals surface area contributed by atoms with Crippen molar-refractivity contribution in [1.82, 2.24) is 24.5 Å². The maximum atomic E-state index is 11.7. The first kappa shape index (κ1) is 17.0. The summed E-state index contributed by atoms with van der Waals surface area (Å²) in [7, 11) is -6.50. The number of hydrogen-bond acceptors (Lipinski definition) is 7. The van der Waals surface area contributed by atoms with Crippen molar-refractivity contribution in [3.63, 3.8) is 0 Å². The van der Waals surface area contributed by atoms with Crippen LogP contribution in [0.5, 0.6) is 0 Å². The second-order valence-electron chi connectivity index (χ2n) is 5.68. The summed E-state index contributed by atoms with van der Waals surface area (Å²) in [6.45, 7) is -0.0482. The number of nitrogens with zero attached hydrogens (tertiary/aromatic N) is 4. The summed E-state index contributed by atoms with van der Waals surface area (Å²) < 4.78 is 50.1. The minimum absolute atomic E-state index is 0.0159. The van der Waals surface area contributed by atoms with Gasteiger partial charge in [-0.3, -0.25) is 4.98 Å². The van der Waals surface area contributed by atoms with Crippen LogP contribution < -0.4 is 4.72 Å². The molecule has 1 aliphatic heterocycles. The lowest BCUT2D eigenvalue weighted by molar-refractivity contribution is 0.473. The van der Waals surface area contributed by atoms with Gasteiger partial charge in [-0.2, -0.15) is 5.10 Å². The number of nitrogens with one attached hydrogen (secondary N) is 1. The maximum absolute atomic E-state index is 11.7. The van der Waals surface area contributed by atoms with Crippen LogP contribution in [0.4, 0.5) is 0 Å². The lowest BCUT2D eigenvalue weighted by Gasteiger charge is -2.11. The number of hydrogen-bond donors (Lipinski definition) is 1. The van der Waals surface area contributed by atoms with Gasteiger partial charge in [0.25, 0.3) is 0 Å². The van der Waals surface area contributed by atoms with Gasteiger partial charge in [0, 0.05) is 18.0 Å². The second-order valence-corrected chi connectivity index (χ2v) is 9.74. The number of aromatic nitrogens is 4. The van der Waals surface area contributed by atoms with Gasteiger partial charge in [0.15, 0.2) is 15.7 Å². The third-order valence-corrected chi connectivity index (χ3v) is 6.11. The Labute approximate surface area is 140 Å². The van der Waals surface area contributed by atoms with Gasteiger partial charge in [-0.05, 0) is 18.6 Å². The largest absolute Gasteiger partial charge is 0.265 e. The van der Waals surface area contributed by atoms with E-state index in [-0.39, 0.29) is 24.1 Å². The average molecular weight is 371 g/mol. The molecule has 0 spiro atoms. The first-order valence-corrected chi connectivity index (χ1v) is 11.0. The highest BCUT2D eigenvalue weighted by molar-refractivity contribution is 7.91. The van der Waals surface area contributed by atoms with E-state index in [1.807, 2.05) is 0 Å². The zero-order valence-corrected chi connectivity index (χ0v) is 14.6. The van der Waals surface area contributed by atoms with E-state index >= 15 is 0 Å². The Morgan fingerprint density at radius 3 is 2.62 bits per heavy atom. The van der Waals surface area contributed by atoms with Crippen LogP contribution >= 0.6 is 0 Å². The smallest absolute Gasteiger partial charge is 0.209 e. The van der Waals surface area contributed by atoms with E-state index in [9.17, 15) is 16.8 Å². The normalized spacial score (nSPS) is 20.3. The van der Waals surface area contributed by atoms with Gasteiger partial charge in [0.05, 0.1) is 30.3 Å². The van der Waals surface area contributed by atoms with Crippen LogP contribution in [0, 0.1) is 0 Å². The van der Waals surface area contributed by atoms with E-state index in [1.54, 1.807) is 24.5 Å². The summed E-state index contributed by atoms with van der Waals surface area (Å²) >= 11 is 0. The number of rotatable bonds is 5. The molecule has 0 saturated carbocycles. The third-order valence-electron chi connectivity index (χ3n) is 3.69. The van der Waals surface area contributed by atoms with Crippen molar-refractivity contribution in [3.8, 4) is 11.4 Å². The Kier molecular flexibility index (Phi) is 4.40. The molecule has 2 aromatic rings. The minimum atomic E-state index is -3.40. The summed E-state index contributed by atoms with van der Waals surface area (Å²) in [5, 5.41) is 4.41. The van der Waals surface area contributed by atoms with Crippen molar-refractivity contribution in [1.29, 1.82) is 0 Å². The molecular weight excluding hydrogens is 354 g/mol. The predicted octanol–water partition coefficient (Wildman–Crippen LogP) is -0.251. The number of sulfonamides is 1. The Bertz CT molecular complexity index is 938. The molecule has 3 heterocycles. The van der Waals surface area contributed by atoms with Crippen LogP contribution in [0.15, 0.2) is 24.5 Å². The SMILES string of the molecule is CS(=O)(=O)NCc1nc(-c2ccncc2)nn1[C@H]1CCS(=O)(=O)C1. The van der Waals surface area contributed by atoms with Crippen LogP contribution in [-0.2, 0) is 26.4 Å². The van der Waals surface area contributed by atoms with E-state index in [0.29, 0.717) is 18.1 Å². The molecule has 1 N–H and O–H groups in total. The van der Waals surface area contributed by atoms with Crippen LogP contribution in [-0.4, -0.2) is 54.3 Å². The molecule has 24 heavy (non-hydrogen) atoms. The Morgan fingerprint density at radius 1 is 1.33 bits per heavy atom. The van der Waals surface area contributed by atoms with Gasteiger partial charge >= 0.3 is 0 Å². The van der Waals surface area contributed by atoms with Gasteiger partial charge in [0.1, 0.15) is 5.82 Å². The van der Waals surface area contributed by atoms with Gasteiger partial charge in [-0.1, -0.05) is 0 Å². The highest BCUT2D eigenvalue weighted by Gasteiger charge is 2.32. The molecule has 3 rings (SSSR count). The fourth-order valence-electron chi connectivity index (χ4n) is 2.56. The van der Waals surface area contributed by atoms with Gasteiger partial charge < -0.3 is 0 Å². The van der Waals surface area contributed by atoms with Crippen molar-refractivity contribution in [2.75, 3.05) is 17.8 Å². The van der Waals surface area contributed by atoms with Crippen LogP contribution in [0.3, 0.4) is 0 Å². The fraction of sp³-hybridized carbons (Fsp3) is 0.462. The summed E-state index contributed by atoms with van der Waals surface area (Å²) in [6, 6.07) is 3.13. The predicted molar refractivity (Wildman–Crippen MR) is 87.2 cm³/mol. The Balaban J connectivity index is 1.97. The lowest BCUT2D eigenvalue weighted by Crippen LogP contribution is -2.25. The summed E-state index contributed by atoms with van der Waals surface area (Å²) in [6.07, 6.45) is 4.69. The molecule has 0 aromatic carbocycles. The van der Waals surface area contributed by atoms with Crippen molar-refractivity contribution < 1.29 is 16.8 Å². The fourth-order valence-corrected chi connectivity index (χ4v) is 4.64. The Morgan fingerprint density at radius 2 is 2.04 bits per heavy atom. The molecule has 1 saturated heterocycles. The highest BCUT2D eigenvalue weighted by atomic mass is 32.2. The third kappa shape index (κ3) is 3.97. The molecular formula is C13H17N5O4S2. The zero-order valence-electron chi connectivity index (χ0n) is 13.0. The van der Waals surface area contributed by atoms with Crippen molar-refractivity contribution in [3.05, 3.63) is 30.4 Å². The van der Waals surface area contributed by atoms with E-state index in [2.05, 4.69) is 19.8 Å². The van der Waals surface area contributed by atoms with E-state index in [1.165, 1.54) is 4.68 Å². The van der Waals surface area contributed by atoms with Gasteiger partial charge in [-0.15, -0.1) is 0 Å². The molecule has 0 unspecified atom stereocenters. The molecule has 1 atom stereocenters. The maximum Gasteiger partial charge on any atom is 0.209 e. The zero-order chi connectivity index (χ0) is 17.4. The van der Waals surface area contributed by atoms with Crippen LogP contribution in [0.25, 0.3) is 11.4 Å². The molecule has 0 amide bonds.